The number of thiocarbonyl (C=S) groups is 1. The molecule has 0 unspecified atom stereocenters. The minimum atomic E-state index is -4.84. The summed E-state index contributed by atoms with van der Waals surface area (Å²) in [5, 5.41) is 9.12. The summed E-state index contributed by atoms with van der Waals surface area (Å²) in [6.45, 7) is 17.7. The van der Waals surface area contributed by atoms with Gasteiger partial charge in [-0.15, -0.1) is 0 Å². The van der Waals surface area contributed by atoms with Crippen molar-refractivity contribution in [1.29, 1.82) is 5.26 Å². The van der Waals surface area contributed by atoms with Crippen molar-refractivity contribution in [2.75, 3.05) is 42.6 Å². The summed E-state index contributed by atoms with van der Waals surface area (Å²) < 4.78 is 52.8. The van der Waals surface area contributed by atoms with Gasteiger partial charge in [-0.2, -0.15) is 18.4 Å². The van der Waals surface area contributed by atoms with Gasteiger partial charge in [0.15, 0.2) is 10.8 Å². The van der Waals surface area contributed by atoms with Crippen molar-refractivity contribution in [1.82, 2.24) is 14.8 Å². The molecule has 1 aromatic carbocycles. The molecule has 2 aliphatic heterocycles. The topological polar surface area (TPSA) is 102 Å². The number of hydrogen-bond donors (Lipinski definition) is 0. The Morgan fingerprint density at radius 2 is 1.79 bits per heavy atom. The normalized spacial score (nSPS) is 18.4. The molecule has 2 aliphatic rings. The number of nitriles is 1. The Labute approximate surface area is 279 Å². The first-order valence-corrected chi connectivity index (χ1v) is 15.8. The van der Waals surface area contributed by atoms with E-state index in [2.05, 4.69) is 9.88 Å². The molecule has 1 aromatic heterocycles. The van der Waals surface area contributed by atoms with E-state index in [1.807, 2.05) is 47.6 Å². The number of aryl methyl sites for hydroxylation is 1. The van der Waals surface area contributed by atoms with Crippen molar-refractivity contribution >= 4 is 40.7 Å². The summed E-state index contributed by atoms with van der Waals surface area (Å²) >= 11 is 5.66. The fourth-order valence-electron chi connectivity index (χ4n) is 5.85. The van der Waals surface area contributed by atoms with Crippen LogP contribution in [0.3, 0.4) is 0 Å². The third-order valence-electron chi connectivity index (χ3n) is 8.15. The Kier molecular flexibility index (Phi) is 9.86. The van der Waals surface area contributed by atoms with Gasteiger partial charge < -0.3 is 19.3 Å². The van der Waals surface area contributed by atoms with Crippen LogP contribution in [0.4, 0.5) is 29.3 Å². The van der Waals surface area contributed by atoms with Crippen LogP contribution >= 0.6 is 12.2 Å². The lowest BCUT2D eigenvalue weighted by molar-refractivity contribution is -0.138. The Balaban J connectivity index is 1.47. The minimum absolute atomic E-state index is 0.0107. The zero-order chi connectivity index (χ0) is 35.1. The van der Waals surface area contributed by atoms with E-state index in [0.29, 0.717) is 50.6 Å². The van der Waals surface area contributed by atoms with E-state index < -0.39 is 40.0 Å². The average molecular weight is 675 g/mol. The molecule has 254 valence electrons. The number of amides is 2. The highest BCUT2D eigenvalue weighted by molar-refractivity contribution is 7.81. The van der Waals surface area contributed by atoms with Crippen LogP contribution in [0.25, 0.3) is 0 Å². The summed E-state index contributed by atoms with van der Waals surface area (Å²) in [7, 11) is 0. The number of alkyl halides is 3. The molecule has 14 heteroatoms. The zero-order valence-electron chi connectivity index (χ0n) is 28.0. The van der Waals surface area contributed by atoms with Crippen LogP contribution in [0.15, 0.2) is 30.5 Å². The SMILES string of the molecule is CCc1cc(N2C(=S)N(c3cnc(C#N)c(C(F)(F)F)c3)C(=O)C2(C)C)ccc1OCCN1CCN(C(=O)OC(C)(C)C)C(C)(C)C1. The summed E-state index contributed by atoms with van der Waals surface area (Å²) in [5.74, 6) is 0.135. The highest BCUT2D eigenvalue weighted by Gasteiger charge is 2.51. The van der Waals surface area contributed by atoms with Crippen molar-refractivity contribution in [3.8, 4) is 11.8 Å². The van der Waals surface area contributed by atoms with Gasteiger partial charge in [-0.05, 0) is 96.9 Å². The van der Waals surface area contributed by atoms with Gasteiger partial charge in [-0.3, -0.25) is 14.6 Å². The molecule has 2 fully saturated rings. The number of aromatic nitrogens is 1. The van der Waals surface area contributed by atoms with Gasteiger partial charge >= 0.3 is 12.3 Å². The Morgan fingerprint density at radius 3 is 2.36 bits per heavy atom. The summed E-state index contributed by atoms with van der Waals surface area (Å²) in [6.07, 6.45) is -3.51. The number of carbonyl (C=O) groups excluding carboxylic acids is 2. The summed E-state index contributed by atoms with van der Waals surface area (Å²) in [5.41, 5.74) is -2.99. The number of hydrogen-bond acceptors (Lipinski definition) is 8. The van der Waals surface area contributed by atoms with Crippen LogP contribution in [0.2, 0.25) is 0 Å². The molecule has 2 saturated heterocycles. The monoisotopic (exact) mass is 674 g/mol. The van der Waals surface area contributed by atoms with E-state index in [9.17, 15) is 22.8 Å². The van der Waals surface area contributed by atoms with E-state index in [-0.39, 0.29) is 16.9 Å². The van der Waals surface area contributed by atoms with Crippen molar-refractivity contribution in [2.24, 2.45) is 0 Å². The van der Waals surface area contributed by atoms with Crippen molar-refractivity contribution in [3.63, 3.8) is 0 Å². The highest BCUT2D eigenvalue weighted by Crippen LogP contribution is 2.40. The molecule has 47 heavy (non-hydrogen) atoms. The lowest BCUT2D eigenvalue weighted by atomic mass is 9.99. The molecule has 2 aromatic rings. The van der Waals surface area contributed by atoms with E-state index in [0.717, 1.165) is 22.7 Å². The first-order valence-electron chi connectivity index (χ1n) is 15.4. The number of nitrogens with zero attached hydrogens (tertiary/aromatic N) is 6. The van der Waals surface area contributed by atoms with Crippen LogP contribution in [-0.2, 0) is 22.1 Å². The maximum atomic E-state index is 13.7. The smallest absolute Gasteiger partial charge is 0.419 e. The number of halogens is 3. The lowest BCUT2D eigenvalue weighted by Crippen LogP contribution is -2.62. The van der Waals surface area contributed by atoms with Gasteiger partial charge in [0.1, 0.15) is 29.6 Å². The molecule has 0 saturated carbocycles. The molecule has 0 radical (unpaired) electrons. The number of anilines is 2. The zero-order valence-corrected chi connectivity index (χ0v) is 28.8. The summed E-state index contributed by atoms with van der Waals surface area (Å²) in [4.78, 5) is 36.6. The molecule has 0 N–H and O–H groups in total. The number of piperazine rings is 1. The lowest BCUT2D eigenvalue weighted by Gasteiger charge is -2.47. The van der Waals surface area contributed by atoms with Crippen molar-refractivity contribution in [2.45, 2.75) is 84.7 Å². The van der Waals surface area contributed by atoms with Crippen molar-refractivity contribution in [3.05, 3.63) is 47.3 Å². The Bertz CT molecular complexity index is 1600. The predicted octanol–water partition coefficient (Wildman–Crippen LogP) is 6.16. The third-order valence-corrected chi connectivity index (χ3v) is 8.52. The van der Waals surface area contributed by atoms with Crippen molar-refractivity contribution < 1.29 is 32.2 Å². The second-order valence-electron chi connectivity index (χ2n) is 13.7. The summed E-state index contributed by atoms with van der Waals surface area (Å²) in [6, 6.07) is 7.60. The first kappa shape index (κ1) is 35.9. The van der Waals surface area contributed by atoms with Gasteiger partial charge in [0, 0.05) is 31.9 Å². The number of benzene rings is 1. The van der Waals surface area contributed by atoms with Gasteiger partial charge in [0.05, 0.1) is 23.0 Å². The van der Waals surface area contributed by atoms with E-state index in [4.69, 9.17) is 27.0 Å². The molecule has 0 aliphatic carbocycles. The number of ether oxygens (including phenoxy) is 2. The molecule has 0 bridgehead atoms. The van der Waals surface area contributed by atoms with Crippen LogP contribution in [-0.4, -0.2) is 81.4 Å². The largest absolute Gasteiger partial charge is 0.492 e. The highest BCUT2D eigenvalue weighted by atomic mass is 32.1. The minimum Gasteiger partial charge on any atom is -0.492 e. The standard InChI is InChI=1S/C33H41F3N6O4S/c1-9-21-16-22(10-11-26(21)45-15-14-39-12-13-40(31(5,6)20-39)29(44)46-30(2,3)4)42-28(47)41(27(43)32(42,7)8)23-17-24(33(34,35)36)25(18-37)38-19-23/h10-11,16-17,19H,9,12-15,20H2,1-8H3. The second-order valence-corrected chi connectivity index (χ2v) is 14.1. The molecule has 0 spiro atoms. The second kappa shape index (κ2) is 12.9. The molecular weight excluding hydrogens is 633 g/mol. The van der Waals surface area contributed by atoms with Crippen LogP contribution in [0.5, 0.6) is 5.75 Å². The fourth-order valence-corrected chi connectivity index (χ4v) is 6.37. The Hall–Kier alpha value is -3.96. The molecule has 2 amide bonds. The maximum Gasteiger partial charge on any atom is 0.419 e. The number of carbonyl (C=O) groups is 2. The van der Waals surface area contributed by atoms with E-state index in [1.165, 1.54) is 6.07 Å². The van der Waals surface area contributed by atoms with Crippen LogP contribution in [0, 0.1) is 11.3 Å². The van der Waals surface area contributed by atoms with E-state index in [1.54, 1.807) is 35.8 Å². The Morgan fingerprint density at radius 1 is 1.11 bits per heavy atom. The average Bonchev–Trinajstić information content (AvgIpc) is 3.13. The predicted molar refractivity (Wildman–Crippen MR) is 175 cm³/mol. The molecule has 3 heterocycles. The van der Waals surface area contributed by atoms with Crippen LogP contribution < -0.4 is 14.5 Å². The van der Waals surface area contributed by atoms with E-state index >= 15 is 0 Å². The van der Waals surface area contributed by atoms with Gasteiger partial charge in [0.25, 0.3) is 5.91 Å². The van der Waals surface area contributed by atoms with Gasteiger partial charge in [0.2, 0.25) is 0 Å². The van der Waals surface area contributed by atoms with Crippen LogP contribution in [0.1, 0.15) is 72.2 Å². The van der Waals surface area contributed by atoms with Gasteiger partial charge in [-0.25, -0.2) is 9.78 Å². The first-order chi connectivity index (χ1) is 21.7. The quantitative estimate of drug-likeness (QED) is 0.320. The third kappa shape index (κ3) is 7.46. The maximum absolute atomic E-state index is 13.7. The number of pyridine rings is 1. The molecule has 10 nitrogen and oxygen atoms in total. The number of rotatable bonds is 7. The van der Waals surface area contributed by atoms with Gasteiger partial charge in [-0.1, -0.05) is 6.92 Å². The molecule has 0 atom stereocenters. The molecule has 4 rings (SSSR count). The fraction of sp³-hybridized carbons (Fsp3) is 0.545. The molecular formula is C33H41F3N6O4S.